The standard InChI is InChI=1S/C62H111NO14Si3/c1-37-32-43-28-29-44-38(2)33-42(69-44)27-26-40(64)24-23-25-47(75-78(17,18)60(7,8)9)55-57(77-80(21,22)62(13,14)15)56(76-79(19,20)61(10,11)12)54-46(73-55)31-30-45(72-54)52(66)51-49(35-48(70-43)39(37)3)71-50(53(51)68-16)34-41(65)36-63-58(67)74-59(4,5)6/h23,25,37,41-57,65-66H,2-3,24,26-36H2,1,4-22H3,(H,63,67)/b25-23+/t37-,41+,42+,43+,44+,45+,46+,47?,48?,49+,50-,51?,52?,53+,54+,55+,56+,57?/m1/s1. The van der Waals surface area contributed by atoms with Crippen molar-refractivity contribution in [3.05, 3.63) is 36.5 Å². The number of nitrogens with one attached hydrogen (secondary N) is 1. The molecular weight excluding hydrogens is 1070 g/mol. The summed E-state index contributed by atoms with van der Waals surface area (Å²) in [7, 11) is -6.16. The van der Waals surface area contributed by atoms with Crippen LogP contribution in [-0.4, -0.2) is 164 Å². The summed E-state index contributed by atoms with van der Waals surface area (Å²) in [6.07, 6.45) is 0.125. The van der Waals surface area contributed by atoms with E-state index in [1.54, 1.807) is 27.9 Å². The molecule has 0 spiro atoms. The molecule has 8 aliphatic heterocycles. The SMILES string of the molecule is C=C1C2C[C@@H]3O[C@H](C[C@H](O)CNC(=O)OC(C)(C)C)[C@H](OC)C3C(O)[C@@H]3CC[C@@H]4O[C@@H](C(O[Si](C)(C)C(C)(C)C)/C=C/CC(=O)CC[C@H]5CC(=C)[C@H](CC[C@@H](C[C@H]1C)O2)O5)C(O[Si](C)(C)C(C)(C)C)[C@@H](O[Si](C)(C)C(C)(C)C)[C@H]4O3. The number of fused-ring (bicyclic) bond motifs is 2. The number of alkyl carbamates (subject to hydrolysis) is 1. The summed E-state index contributed by atoms with van der Waals surface area (Å²) in [4.78, 5) is 26.6. The molecule has 0 radical (unpaired) electrons. The Labute approximate surface area is 486 Å². The van der Waals surface area contributed by atoms with Crippen molar-refractivity contribution in [2.75, 3.05) is 13.7 Å². The lowest BCUT2D eigenvalue weighted by Gasteiger charge is -2.56. The van der Waals surface area contributed by atoms with Gasteiger partial charge in [-0.05, 0) is 137 Å². The highest BCUT2D eigenvalue weighted by Gasteiger charge is 2.60. The summed E-state index contributed by atoms with van der Waals surface area (Å²) in [5.74, 6) is -0.337. The molecule has 1 amide bonds. The van der Waals surface area contributed by atoms with Gasteiger partial charge in [-0.1, -0.05) is 94.5 Å². The van der Waals surface area contributed by atoms with Crippen LogP contribution in [0.15, 0.2) is 36.5 Å². The lowest BCUT2D eigenvalue weighted by Crippen LogP contribution is -2.70. The lowest BCUT2D eigenvalue weighted by atomic mass is 9.79. The molecule has 8 rings (SSSR count). The summed E-state index contributed by atoms with van der Waals surface area (Å²) in [6.45, 7) is 50.2. The van der Waals surface area contributed by atoms with Crippen LogP contribution in [-0.2, 0) is 51.2 Å². The largest absolute Gasteiger partial charge is 0.444 e. The zero-order valence-corrected chi connectivity index (χ0v) is 56.2. The Morgan fingerprint density at radius 3 is 1.86 bits per heavy atom. The number of carbonyl (C=O) groups is 2. The first kappa shape index (κ1) is 67.5. The third kappa shape index (κ3) is 16.7. The lowest BCUT2D eigenvalue weighted by molar-refractivity contribution is -0.278. The van der Waals surface area contributed by atoms with Crippen molar-refractivity contribution in [3.63, 3.8) is 0 Å². The van der Waals surface area contributed by atoms with E-state index in [9.17, 15) is 19.8 Å². The van der Waals surface area contributed by atoms with Crippen LogP contribution in [0.4, 0.5) is 4.79 Å². The molecule has 18 atom stereocenters. The maximum absolute atomic E-state index is 13.9. The zero-order valence-electron chi connectivity index (χ0n) is 53.2. The summed E-state index contributed by atoms with van der Waals surface area (Å²) < 4.78 is 70.5. The molecule has 3 N–H and O–H groups in total. The van der Waals surface area contributed by atoms with Crippen LogP contribution in [0.3, 0.4) is 0 Å². The van der Waals surface area contributed by atoms with Gasteiger partial charge in [0.05, 0.1) is 73.2 Å². The third-order valence-electron chi connectivity index (χ3n) is 19.7. The second-order valence-electron chi connectivity index (χ2n) is 30.2. The molecule has 0 aromatic heterocycles. The van der Waals surface area contributed by atoms with Crippen molar-refractivity contribution >= 4 is 36.8 Å². The fourth-order valence-corrected chi connectivity index (χ4v) is 15.6. The van der Waals surface area contributed by atoms with Crippen LogP contribution >= 0.6 is 0 Å². The van der Waals surface area contributed by atoms with Crippen LogP contribution in [0.1, 0.15) is 161 Å². The van der Waals surface area contributed by atoms with Gasteiger partial charge in [0.15, 0.2) is 25.0 Å². The number of amides is 1. The van der Waals surface area contributed by atoms with Gasteiger partial charge in [-0.25, -0.2) is 4.79 Å². The van der Waals surface area contributed by atoms with E-state index in [1.165, 1.54) is 0 Å². The number of carbonyl (C=O) groups excluding carboxylic acids is 2. The molecule has 0 saturated carbocycles. The van der Waals surface area contributed by atoms with E-state index in [2.05, 4.69) is 133 Å². The average Bonchev–Trinajstić information content (AvgIpc) is 3.86. The summed E-state index contributed by atoms with van der Waals surface area (Å²) >= 11 is 0. The number of Topliss-reactive ketones (excluding diaryl/α,β-unsaturated/α-hetero) is 1. The molecule has 5 saturated heterocycles. The highest BCUT2D eigenvalue weighted by molar-refractivity contribution is 6.75. The summed E-state index contributed by atoms with van der Waals surface area (Å²) in [5.41, 5.74) is 1.31. The van der Waals surface area contributed by atoms with E-state index in [-0.39, 0.29) is 64.5 Å². The van der Waals surface area contributed by atoms with Gasteiger partial charge in [-0.2, -0.15) is 0 Å². The number of allylic oxidation sites excluding steroid dienone is 1. The van der Waals surface area contributed by atoms with Crippen molar-refractivity contribution in [3.8, 4) is 0 Å². The maximum atomic E-state index is 13.9. The number of rotatable bonds is 11. The minimum atomic E-state index is -2.63. The number of hydrogen-bond acceptors (Lipinski definition) is 14. The molecule has 15 nitrogen and oxygen atoms in total. The van der Waals surface area contributed by atoms with Crippen LogP contribution in [0.2, 0.25) is 54.4 Å². The minimum Gasteiger partial charge on any atom is -0.444 e. The van der Waals surface area contributed by atoms with E-state index < -0.39 is 122 Å². The summed E-state index contributed by atoms with van der Waals surface area (Å²) in [5, 5.41) is 27.0. The maximum Gasteiger partial charge on any atom is 0.407 e. The average molecular weight is 1180 g/mol. The van der Waals surface area contributed by atoms with Crippen LogP contribution in [0, 0.1) is 11.8 Å². The fourth-order valence-electron chi connectivity index (χ4n) is 11.8. The van der Waals surface area contributed by atoms with Gasteiger partial charge >= 0.3 is 6.09 Å². The van der Waals surface area contributed by atoms with Crippen LogP contribution in [0.25, 0.3) is 0 Å². The van der Waals surface area contributed by atoms with E-state index in [0.717, 1.165) is 30.4 Å². The molecule has 460 valence electrons. The number of methoxy groups -OCH3 is 1. The van der Waals surface area contributed by atoms with Crippen molar-refractivity contribution in [2.45, 2.75) is 318 Å². The van der Waals surface area contributed by atoms with Crippen molar-refractivity contribution in [1.29, 1.82) is 0 Å². The van der Waals surface area contributed by atoms with E-state index >= 15 is 0 Å². The molecule has 80 heavy (non-hydrogen) atoms. The first-order chi connectivity index (χ1) is 36.7. The molecule has 5 fully saturated rings. The Bertz CT molecular complexity index is 2140. The quantitative estimate of drug-likeness (QED) is 0.131. The topological polar surface area (TPSA) is 179 Å². The van der Waals surface area contributed by atoms with Gasteiger partial charge in [0.2, 0.25) is 0 Å². The Morgan fingerprint density at radius 1 is 0.713 bits per heavy atom. The number of ketones is 1. The predicted molar refractivity (Wildman–Crippen MR) is 322 cm³/mol. The molecule has 8 aliphatic rings. The summed E-state index contributed by atoms with van der Waals surface area (Å²) in [6, 6.07) is 0. The Balaban J connectivity index is 1.47. The van der Waals surface area contributed by atoms with Gasteiger partial charge in [-0.3, -0.25) is 4.79 Å². The first-order valence-electron chi connectivity index (χ1n) is 30.4. The van der Waals surface area contributed by atoms with Gasteiger partial charge < -0.3 is 62.0 Å². The molecule has 5 unspecified atom stereocenters. The van der Waals surface area contributed by atoms with Gasteiger partial charge in [0.1, 0.15) is 35.8 Å². The highest BCUT2D eigenvalue weighted by Crippen LogP contribution is 2.49. The molecule has 8 bridgehead atoms. The normalized spacial score (nSPS) is 36.7. The van der Waals surface area contributed by atoms with Gasteiger partial charge in [0.25, 0.3) is 0 Å². The predicted octanol–water partition coefficient (Wildman–Crippen LogP) is 12.1. The second kappa shape index (κ2) is 26.1. The van der Waals surface area contributed by atoms with Crippen LogP contribution < -0.4 is 5.32 Å². The van der Waals surface area contributed by atoms with Crippen molar-refractivity contribution in [2.24, 2.45) is 11.8 Å². The first-order valence-corrected chi connectivity index (χ1v) is 39.2. The molecule has 18 heteroatoms. The van der Waals surface area contributed by atoms with Gasteiger partial charge in [-0.15, -0.1) is 0 Å². The second-order valence-corrected chi connectivity index (χ2v) is 44.5. The molecule has 0 aromatic rings. The van der Waals surface area contributed by atoms with Crippen molar-refractivity contribution in [1.82, 2.24) is 5.32 Å². The Hall–Kier alpha value is -1.63. The number of aliphatic hydroxyl groups is 2. The van der Waals surface area contributed by atoms with Crippen LogP contribution in [0.5, 0.6) is 0 Å². The monoisotopic (exact) mass is 1180 g/mol. The Morgan fingerprint density at radius 2 is 1.27 bits per heavy atom. The zero-order chi connectivity index (χ0) is 59.9. The van der Waals surface area contributed by atoms with Gasteiger partial charge in [0, 0.05) is 45.3 Å². The third-order valence-corrected chi connectivity index (χ3v) is 33.1. The Kier molecular flexibility index (Phi) is 22.1. The molecule has 0 aromatic carbocycles. The van der Waals surface area contributed by atoms with Crippen molar-refractivity contribution < 1.29 is 66.2 Å². The fraction of sp³-hybridized carbons (Fsp3) is 0.871. The number of ether oxygens (including phenoxy) is 7. The smallest absolute Gasteiger partial charge is 0.407 e. The van der Waals surface area contributed by atoms with E-state index in [0.29, 0.717) is 38.5 Å². The molecule has 8 heterocycles. The van der Waals surface area contributed by atoms with E-state index in [1.807, 2.05) is 6.08 Å². The number of aliphatic hydroxyl groups excluding tert-OH is 2. The molecule has 0 aliphatic carbocycles. The highest BCUT2D eigenvalue weighted by atomic mass is 28.4. The minimum absolute atomic E-state index is 0.0675. The van der Waals surface area contributed by atoms with E-state index in [4.69, 9.17) is 46.4 Å². The number of hydrogen-bond donors (Lipinski definition) is 3. The molecular formula is C62H111NO14Si3.